The Kier molecular flexibility index (Phi) is 6.89. The molecule has 0 aliphatic heterocycles. The van der Waals surface area contributed by atoms with Gasteiger partial charge in [-0.05, 0) is 52.0 Å². The van der Waals surface area contributed by atoms with E-state index in [0.717, 1.165) is 12.2 Å². The van der Waals surface area contributed by atoms with Gasteiger partial charge in [-0.25, -0.2) is 4.98 Å². The van der Waals surface area contributed by atoms with Crippen molar-refractivity contribution in [1.82, 2.24) is 20.2 Å². The van der Waals surface area contributed by atoms with Crippen molar-refractivity contribution in [3.63, 3.8) is 0 Å². The topological polar surface area (TPSA) is 70.2 Å². The molecule has 1 amide bonds. The summed E-state index contributed by atoms with van der Waals surface area (Å²) in [6.07, 6.45) is 3.42. The molecular formula is C19H27N5O. The van der Waals surface area contributed by atoms with Crippen molar-refractivity contribution in [1.29, 1.82) is 0 Å². The van der Waals surface area contributed by atoms with Crippen LogP contribution in [-0.2, 0) is 0 Å². The highest BCUT2D eigenvalue weighted by molar-refractivity contribution is 5.92. The quantitative estimate of drug-likeness (QED) is 0.772. The predicted molar refractivity (Wildman–Crippen MR) is 101 cm³/mol. The SMILES string of the molecule is CC(C)N(CCNC(=O)c1cccc(Nc2cccnc2)n1)C(C)C. The van der Waals surface area contributed by atoms with Crippen LogP contribution in [0.2, 0.25) is 0 Å². The summed E-state index contributed by atoms with van der Waals surface area (Å²) in [6, 6.07) is 9.98. The van der Waals surface area contributed by atoms with E-state index in [9.17, 15) is 4.79 Å². The maximum Gasteiger partial charge on any atom is 0.270 e. The largest absolute Gasteiger partial charge is 0.349 e. The number of carbonyl (C=O) groups excluding carboxylic acids is 1. The van der Waals surface area contributed by atoms with Gasteiger partial charge in [-0.1, -0.05) is 6.07 Å². The van der Waals surface area contributed by atoms with Crippen LogP contribution in [0.25, 0.3) is 0 Å². The molecule has 0 spiro atoms. The summed E-state index contributed by atoms with van der Waals surface area (Å²) in [7, 11) is 0. The molecular weight excluding hydrogens is 314 g/mol. The molecule has 6 heteroatoms. The normalized spacial score (nSPS) is 11.2. The van der Waals surface area contributed by atoms with Gasteiger partial charge in [0.05, 0.1) is 11.9 Å². The molecule has 0 atom stereocenters. The van der Waals surface area contributed by atoms with E-state index < -0.39 is 0 Å². The van der Waals surface area contributed by atoms with E-state index in [2.05, 4.69) is 53.2 Å². The smallest absolute Gasteiger partial charge is 0.270 e. The van der Waals surface area contributed by atoms with Gasteiger partial charge in [0.15, 0.2) is 0 Å². The molecule has 0 aliphatic carbocycles. The number of anilines is 2. The first-order chi connectivity index (χ1) is 12.0. The standard InChI is InChI=1S/C19H27N5O/c1-14(2)24(15(3)4)12-11-21-19(25)17-8-5-9-18(23-17)22-16-7-6-10-20-13-16/h5-10,13-15H,11-12H2,1-4H3,(H,21,25)(H,22,23). The highest BCUT2D eigenvalue weighted by Crippen LogP contribution is 2.13. The Morgan fingerprint density at radius 2 is 1.88 bits per heavy atom. The van der Waals surface area contributed by atoms with Crippen LogP contribution >= 0.6 is 0 Å². The zero-order chi connectivity index (χ0) is 18.2. The number of hydrogen-bond acceptors (Lipinski definition) is 5. The molecule has 2 aromatic heterocycles. The van der Waals surface area contributed by atoms with E-state index in [1.807, 2.05) is 24.3 Å². The molecule has 0 unspecified atom stereocenters. The Bertz CT molecular complexity index is 665. The van der Waals surface area contributed by atoms with Gasteiger partial charge < -0.3 is 10.6 Å². The minimum atomic E-state index is -0.165. The van der Waals surface area contributed by atoms with Crippen molar-refractivity contribution in [3.8, 4) is 0 Å². The van der Waals surface area contributed by atoms with Gasteiger partial charge in [-0.15, -0.1) is 0 Å². The second-order valence-corrected chi connectivity index (χ2v) is 6.46. The molecule has 0 fully saturated rings. The average Bonchev–Trinajstić information content (AvgIpc) is 2.59. The van der Waals surface area contributed by atoms with Gasteiger partial charge in [0.1, 0.15) is 11.5 Å². The molecule has 2 aromatic rings. The van der Waals surface area contributed by atoms with E-state index in [-0.39, 0.29) is 5.91 Å². The molecule has 0 aromatic carbocycles. The number of pyridine rings is 2. The second kappa shape index (κ2) is 9.13. The Labute approximate surface area is 149 Å². The molecule has 6 nitrogen and oxygen atoms in total. The van der Waals surface area contributed by atoms with Crippen LogP contribution in [0, 0.1) is 0 Å². The van der Waals surface area contributed by atoms with E-state index in [1.165, 1.54) is 0 Å². The number of aromatic nitrogens is 2. The van der Waals surface area contributed by atoms with Crippen molar-refractivity contribution in [2.75, 3.05) is 18.4 Å². The number of hydrogen-bond donors (Lipinski definition) is 2. The fourth-order valence-corrected chi connectivity index (χ4v) is 2.72. The molecule has 0 saturated heterocycles. The van der Waals surface area contributed by atoms with Crippen molar-refractivity contribution in [2.24, 2.45) is 0 Å². The fraction of sp³-hybridized carbons (Fsp3) is 0.421. The van der Waals surface area contributed by atoms with Gasteiger partial charge in [0.25, 0.3) is 5.91 Å². The third kappa shape index (κ3) is 5.83. The maximum absolute atomic E-state index is 12.3. The van der Waals surface area contributed by atoms with Gasteiger partial charge in [0, 0.05) is 31.4 Å². The maximum atomic E-state index is 12.3. The van der Waals surface area contributed by atoms with E-state index >= 15 is 0 Å². The molecule has 134 valence electrons. The Morgan fingerprint density at radius 1 is 1.12 bits per heavy atom. The molecule has 25 heavy (non-hydrogen) atoms. The summed E-state index contributed by atoms with van der Waals surface area (Å²) in [4.78, 5) is 23.1. The van der Waals surface area contributed by atoms with Crippen molar-refractivity contribution in [3.05, 3.63) is 48.4 Å². The van der Waals surface area contributed by atoms with Gasteiger partial charge in [0.2, 0.25) is 0 Å². The van der Waals surface area contributed by atoms with Crippen LogP contribution in [0.1, 0.15) is 38.2 Å². The molecule has 0 radical (unpaired) electrons. The average molecular weight is 341 g/mol. The van der Waals surface area contributed by atoms with Crippen molar-refractivity contribution >= 4 is 17.4 Å². The van der Waals surface area contributed by atoms with Crippen LogP contribution in [0.3, 0.4) is 0 Å². The number of rotatable bonds is 8. The zero-order valence-electron chi connectivity index (χ0n) is 15.4. The minimum absolute atomic E-state index is 0.165. The lowest BCUT2D eigenvalue weighted by Gasteiger charge is -2.30. The van der Waals surface area contributed by atoms with Crippen molar-refractivity contribution < 1.29 is 4.79 Å². The first kappa shape index (κ1) is 18.9. The van der Waals surface area contributed by atoms with Crippen LogP contribution < -0.4 is 10.6 Å². The van der Waals surface area contributed by atoms with Gasteiger partial charge in [-0.2, -0.15) is 0 Å². The van der Waals surface area contributed by atoms with Crippen LogP contribution in [-0.4, -0.2) is 45.9 Å². The summed E-state index contributed by atoms with van der Waals surface area (Å²) < 4.78 is 0. The summed E-state index contributed by atoms with van der Waals surface area (Å²) >= 11 is 0. The summed E-state index contributed by atoms with van der Waals surface area (Å²) in [6.45, 7) is 10.1. The van der Waals surface area contributed by atoms with Gasteiger partial charge in [-0.3, -0.25) is 14.7 Å². The van der Waals surface area contributed by atoms with Gasteiger partial charge >= 0.3 is 0 Å². The molecule has 2 rings (SSSR count). The number of carbonyl (C=O) groups is 1. The molecule has 2 N–H and O–H groups in total. The van der Waals surface area contributed by atoms with E-state index in [4.69, 9.17) is 0 Å². The predicted octanol–water partition coefficient (Wildman–Crippen LogP) is 3.07. The minimum Gasteiger partial charge on any atom is -0.349 e. The summed E-state index contributed by atoms with van der Waals surface area (Å²) in [5.74, 6) is 0.453. The van der Waals surface area contributed by atoms with Crippen LogP contribution in [0.5, 0.6) is 0 Å². The van der Waals surface area contributed by atoms with Crippen LogP contribution in [0.4, 0.5) is 11.5 Å². The molecule has 0 aliphatic rings. The van der Waals surface area contributed by atoms with Crippen LogP contribution in [0.15, 0.2) is 42.7 Å². The number of nitrogens with zero attached hydrogens (tertiary/aromatic N) is 3. The summed E-state index contributed by atoms with van der Waals surface area (Å²) in [5.41, 5.74) is 1.23. The zero-order valence-corrected chi connectivity index (χ0v) is 15.4. The first-order valence-corrected chi connectivity index (χ1v) is 8.65. The third-order valence-corrected chi connectivity index (χ3v) is 3.90. The highest BCUT2D eigenvalue weighted by Gasteiger charge is 2.14. The molecule has 0 saturated carbocycles. The Balaban J connectivity index is 1.92. The van der Waals surface area contributed by atoms with Crippen molar-refractivity contribution in [2.45, 2.75) is 39.8 Å². The number of nitrogens with one attached hydrogen (secondary N) is 2. The molecule has 0 bridgehead atoms. The lowest BCUT2D eigenvalue weighted by atomic mass is 10.2. The van der Waals surface area contributed by atoms with E-state index in [0.29, 0.717) is 30.1 Å². The van der Waals surface area contributed by atoms with E-state index in [1.54, 1.807) is 18.5 Å². The Hall–Kier alpha value is -2.47. The monoisotopic (exact) mass is 341 g/mol. The lowest BCUT2D eigenvalue weighted by molar-refractivity contribution is 0.0934. The third-order valence-electron chi connectivity index (χ3n) is 3.90. The summed E-state index contributed by atoms with van der Waals surface area (Å²) in [5, 5.41) is 6.09. The lowest BCUT2D eigenvalue weighted by Crippen LogP contribution is -2.42. The Morgan fingerprint density at radius 3 is 2.52 bits per heavy atom. The second-order valence-electron chi connectivity index (χ2n) is 6.46. The molecule has 2 heterocycles. The highest BCUT2D eigenvalue weighted by atomic mass is 16.1. The number of amides is 1. The first-order valence-electron chi connectivity index (χ1n) is 8.65. The fourth-order valence-electron chi connectivity index (χ4n) is 2.72.